The van der Waals surface area contributed by atoms with Crippen molar-refractivity contribution in [3.8, 4) is 0 Å². The van der Waals surface area contributed by atoms with Gasteiger partial charge in [0.05, 0.1) is 20.6 Å². The number of carbonyl (C=O) groups excluding carboxylic acids is 1. The monoisotopic (exact) mass is 288 g/mol. The van der Waals surface area contributed by atoms with Crippen molar-refractivity contribution < 1.29 is 8.80 Å². The molecule has 0 aliphatic carbocycles. The lowest BCUT2D eigenvalue weighted by atomic mass is 10.0. The summed E-state index contributed by atoms with van der Waals surface area (Å²) in [6, 6.07) is 17.1. The quantitative estimate of drug-likeness (QED) is 0.606. The van der Waals surface area contributed by atoms with Crippen molar-refractivity contribution in [2.75, 3.05) is 20.6 Å². The molecular formula is C17H19ClNO+. The lowest BCUT2D eigenvalue weighted by Crippen LogP contribution is -2.30. The molecule has 0 heterocycles. The van der Waals surface area contributed by atoms with Gasteiger partial charge in [-0.1, -0.05) is 54.6 Å². The van der Waals surface area contributed by atoms with Crippen LogP contribution in [0.15, 0.2) is 54.6 Å². The van der Waals surface area contributed by atoms with Crippen molar-refractivity contribution in [3.63, 3.8) is 0 Å². The zero-order valence-electron chi connectivity index (χ0n) is 11.8. The zero-order valence-corrected chi connectivity index (χ0v) is 12.6. The van der Waals surface area contributed by atoms with Crippen LogP contribution >= 0.6 is 11.8 Å². The Hall–Kier alpha value is -1.64. The molecule has 2 aromatic carbocycles. The van der Waals surface area contributed by atoms with Gasteiger partial charge in [-0.25, -0.2) is 4.00 Å². The highest BCUT2D eigenvalue weighted by molar-refractivity contribution is 6.08. The largest absolute Gasteiger partial charge is 0.289 e. The van der Waals surface area contributed by atoms with Gasteiger partial charge >= 0.3 is 0 Å². The Kier molecular flexibility index (Phi) is 4.58. The van der Waals surface area contributed by atoms with E-state index in [0.29, 0.717) is 4.00 Å². The molecule has 2 aromatic rings. The van der Waals surface area contributed by atoms with Crippen molar-refractivity contribution in [1.29, 1.82) is 0 Å². The molecule has 0 aliphatic rings. The maximum absolute atomic E-state index is 12.3. The fourth-order valence-electron chi connectivity index (χ4n) is 1.97. The molecule has 0 atom stereocenters. The standard InChI is InChI=1S/C17H19ClNO/c1-19(2,18)13-12-14-8-10-16(11-9-14)17(20)15-6-4-3-5-7-15/h3-11H,12-13H2,1-2H3/q+1. The van der Waals surface area contributed by atoms with E-state index in [1.807, 2.05) is 68.7 Å². The Labute approximate surface area is 125 Å². The van der Waals surface area contributed by atoms with E-state index in [1.165, 1.54) is 5.56 Å². The normalized spacial score (nSPS) is 11.3. The number of carbonyl (C=O) groups is 1. The molecule has 0 aliphatic heterocycles. The first-order valence-electron chi connectivity index (χ1n) is 6.67. The van der Waals surface area contributed by atoms with Crippen LogP contribution < -0.4 is 0 Å². The number of halogens is 1. The lowest BCUT2D eigenvalue weighted by Gasteiger charge is -2.17. The van der Waals surface area contributed by atoms with Crippen molar-refractivity contribution >= 4 is 17.6 Å². The highest BCUT2D eigenvalue weighted by atomic mass is 35.5. The third-order valence-electron chi connectivity index (χ3n) is 3.18. The topological polar surface area (TPSA) is 17.1 Å². The Morgan fingerprint density at radius 1 is 0.950 bits per heavy atom. The summed E-state index contributed by atoms with van der Waals surface area (Å²) in [6.45, 7) is 0.855. The summed E-state index contributed by atoms with van der Waals surface area (Å²) in [5, 5.41) is 0. The molecule has 0 radical (unpaired) electrons. The first-order valence-corrected chi connectivity index (χ1v) is 7.01. The molecule has 0 bridgehead atoms. The summed E-state index contributed by atoms with van der Waals surface area (Å²) >= 11 is 6.13. The number of nitrogens with zero attached hydrogens (tertiary/aromatic N) is 1. The highest BCUT2D eigenvalue weighted by Gasteiger charge is 2.12. The Morgan fingerprint density at radius 2 is 1.50 bits per heavy atom. The second-order valence-corrected chi connectivity index (χ2v) is 6.32. The molecule has 0 aromatic heterocycles. The molecular weight excluding hydrogens is 270 g/mol. The van der Waals surface area contributed by atoms with E-state index in [2.05, 4.69) is 0 Å². The molecule has 0 fully saturated rings. The van der Waals surface area contributed by atoms with Crippen LogP contribution in [-0.2, 0) is 6.42 Å². The van der Waals surface area contributed by atoms with Gasteiger partial charge in [0.1, 0.15) is 0 Å². The number of benzene rings is 2. The first-order chi connectivity index (χ1) is 9.46. The minimum absolute atomic E-state index is 0.0607. The van der Waals surface area contributed by atoms with Gasteiger partial charge in [-0.3, -0.25) is 4.79 Å². The van der Waals surface area contributed by atoms with E-state index in [0.717, 1.165) is 24.1 Å². The van der Waals surface area contributed by atoms with Crippen molar-refractivity contribution in [1.82, 2.24) is 0 Å². The van der Waals surface area contributed by atoms with Crippen LogP contribution in [0.1, 0.15) is 21.5 Å². The molecule has 0 saturated carbocycles. The van der Waals surface area contributed by atoms with E-state index >= 15 is 0 Å². The Balaban J connectivity index is 2.07. The minimum Gasteiger partial charge on any atom is -0.289 e. The van der Waals surface area contributed by atoms with Crippen LogP contribution in [0.25, 0.3) is 0 Å². The maximum atomic E-state index is 12.3. The van der Waals surface area contributed by atoms with Crippen LogP contribution in [-0.4, -0.2) is 30.4 Å². The molecule has 3 heteroatoms. The fourth-order valence-corrected chi connectivity index (χ4v) is 2.06. The Morgan fingerprint density at radius 3 is 2.05 bits per heavy atom. The van der Waals surface area contributed by atoms with Gasteiger partial charge in [0.15, 0.2) is 17.6 Å². The number of likely N-dealkylation sites (N-methyl/N-ethyl adjacent to an activating group) is 1. The van der Waals surface area contributed by atoms with Crippen LogP contribution in [0.4, 0.5) is 0 Å². The van der Waals surface area contributed by atoms with Gasteiger partial charge < -0.3 is 0 Å². The lowest BCUT2D eigenvalue weighted by molar-refractivity contribution is -0.771. The van der Waals surface area contributed by atoms with Crippen molar-refractivity contribution in [3.05, 3.63) is 71.3 Å². The molecule has 2 nitrogen and oxygen atoms in total. The second-order valence-electron chi connectivity index (χ2n) is 5.40. The average Bonchev–Trinajstić information content (AvgIpc) is 2.45. The van der Waals surface area contributed by atoms with E-state index in [-0.39, 0.29) is 5.78 Å². The smallest absolute Gasteiger partial charge is 0.193 e. The summed E-state index contributed by atoms with van der Waals surface area (Å²) in [7, 11) is 3.91. The zero-order chi connectivity index (χ0) is 14.6. The fraction of sp³-hybridized carbons (Fsp3) is 0.235. The number of rotatable bonds is 5. The summed E-state index contributed by atoms with van der Waals surface area (Å²) in [4.78, 5) is 12.3. The summed E-state index contributed by atoms with van der Waals surface area (Å²) in [5.74, 6) is 0.0607. The number of quaternary nitrogens is 1. The predicted octanol–water partition coefficient (Wildman–Crippen LogP) is 3.69. The van der Waals surface area contributed by atoms with Gasteiger partial charge in [-0.05, 0) is 5.56 Å². The molecule has 0 amide bonds. The van der Waals surface area contributed by atoms with Crippen LogP contribution in [0.3, 0.4) is 0 Å². The average molecular weight is 289 g/mol. The van der Waals surface area contributed by atoms with Crippen molar-refractivity contribution in [2.24, 2.45) is 0 Å². The molecule has 104 valence electrons. The molecule has 20 heavy (non-hydrogen) atoms. The molecule has 0 unspecified atom stereocenters. The van der Waals surface area contributed by atoms with Gasteiger partial charge in [0, 0.05) is 17.5 Å². The third-order valence-corrected chi connectivity index (χ3v) is 3.35. The molecule has 0 spiro atoms. The van der Waals surface area contributed by atoms with E-state index in [4.69, 9.17) is 11.8 Å². The minimum atomic E-state index is 0.0607. The van der Waals surface area contributed by atoms with Gasteiger partial charge in [-0.15, -0.1) is 0 Å². The predicted molar refractivity (Wildman–Crippen MR) is 82.8 cm³/mol. The van der Waals surface area contributed by atoms with Crippen LogP contribution in [0.2, 0.25) is 0 Å². The number of hydrogen-bond acceptors (Lipinski definition) is 1. The Bertz CT molecular complexity index is 570. The van der Waals surface area contributed by atoms with Crippen LogP contribution in [0.5, 0.6) is 0 Å². The van der Waals surface area contributed by atoms with E-state index < -0.39 is 0 Å². The van der Waals surface area contributed by atoms with Crippen LogP contribution in [0, 0.1) is 0 Å². The second kappa shape index (κ2) is 6.21. The van der Waals surface area contributed by atoms with E-state index in [1.54, 1.807) is 0 Å². The molecule has 2 rings (SSSR count). The van der Waals surface area contributed by atoms with Gasteiger partial charge in [0.25, 0.3) is 0 Å². The summed E-state index contributed by atoms with van der Waals surface area (Å²) in [5.41, 5.74) is 2.64. The van der Waals surface area contributed by atoms with E-state index in [9.17, 15) is 4.79 Å². The summed E-state index contributed by atoms with van der Waals surface area (Å²) < 4.78 is 0.421. The highest BCUT2D eigenvalue weighted by Crippen LogP contribution is 2.13. The molecule has 0 saturated heterocycles. The number of hydrogen-bond donors (Lipinski definition) is 0. The SMILES string of the molecule is C[N+](C)(Cl)CCc1ccc(C(=O)c2ccccc2)cc1. The third kappa shape index (κ3) is 4.19. The molecule has 0 N–H and O–H groups in total. The van der Waals surface area contributed by atoms with Gasteiger partial charge in [-0.2, -0.15) is 0 Å². The first kappa shape index (κ1) is 14.8. The van der Waals surface area contributed by atoms with Gasteiger partial charge in [0.2, 0.25) is 0 Å². The van der Waals surface area contributed by atoms with Crippen molar-refractivity contribution in [2.45, 2.75) is 6.42 Å². The summed E-state index contributed by atoms with van der Waals surface area (Å²) in [6.07, 6.45) is 0.899. The maximum Gasteiger partial charge on any atom is 0.193 e. The number of ketones is 1.